The van der Waals surface area contributed by atoms with Crippen molar-refractivity contribution in [2.24, 2.45) is 5.92 Å². The van der Waals surface area contributed by atoms with Crippen LogP contribution in [0.1, 0.15) is 18.9 Å². The molecule has 16 heavy (non-hydrogen) atoms. The Kier molecular flexibility index (Phi) is 3.07. The van der Waals surface area contributed by atoms with E-state index in [1.54, 1.807) is 12.3 Å². The molecule has 2 atom stereocenters. The van der Waals surface area contributed by atoms with Crippen LogP contribution in [0.4, 0.5) is 5.82 Å². The van der Waals surface area contributed by atoms with Crippen LogP contribution in [0.15, 0.2) is 18.3 Å². The van der Waals surface area contributed by atoms with Crippen molar-refractivity contribution in [2.75, 3.05) is 18.0 Å². The van der Waals surface area contributed by atoms with Crippen molar-refractivity contribution >= 4 is 5.82 Å². The first-order valence-electron chi connectivity index (χ1n) is 5.50. The van der Waals surface area contributed by atoms with E-state index in [1.165, 1.54) is 0 Å². The van der Waals surface area contributed by atoms with Crippen LogP contribution in [-0.4, -0.2) is 29.3 Å². The molecule has 0 amide bonds. The van der Waals surface area contributed by atoms with E-state index in [2.05, 4.69) is 16.0 Å². The molecule has 0 saturated carbocycles. The predicted octanol–water partition coefficient (Wildman–Crippen LogP) is 1.16. The molecule has 1 aliphatic heterocycles. The Morgan fingerprint density at radius 3 is 2.94 bits per heavy atom. The Bertz CT molecular complexity index is 396. The van der Waals surface area contributed by atoms with Crippen LogP contribution in [0, 0.1) is 17.2 Å². The average molecular weight is 217 g/mol. The van der Waals surface area contributed by atoms with Gasteiger partial charge in [0.2, 0.25) is 0 Å². The number of hydrogen-bond donors (Lipinski definition) is 1. The van der Waals surface area contributed by atoms with E-state index in [9.17, 15) is 5.11 Å². The SMILES string of the molecule is CC1CN(c2ccc(C#N)cn2)CCC1O. The van der Waals surface area contributed by atoms with E-state index in [0.29, 0.717) is 5.56 Å². The molecule has 2 unspecified atom stereocenters. The smallest absolute Gasteiger partial charge is 0.128 e. The zero-order chi connectivity index (χ0) is 11.5. The minimum atomic E-state index is -0.199. The van der Waals surface area contributed by atoms with Crippen LogP contribution >= 0.6 is 0 Å². The molecule has 1 aromatic rings. The number of hydrogen-bond acceptors (Lipinski definition) is 4. The molecule has 0 spiro atoms. The minimum Gasteiger partial charge on any atom is -0.393 e. The predicted molar refractivity (Wildman–Crippen MR) is 61.0 cm³/mol. The maximum Gasteiger partial charge on any atom is 0.128 e. The molecule has 0 aromatic carbocycles. The van der Waals surface area contributed by atoms with Crippen LogP contribution in [0.25, 0.3) is 0 Å². The Labute approximate surface area is 95.1 Å². The van der Waals surface area contributed by atoms with Crippen LogP contribution in [-0.2, 0) is 0 Å². The summed E-state index contributed by atoms with van der Waals surface area (Å²) >= 11 is 0. The molecule has 1 N–H and O–H groups in total. The summed E-state index contributed by atoms with van der Waals surface area (Å²) < 4.78 is 0. The van der Waals surface area contributed by atoms with Gasteiger partial charge in [-0.15, -0.1) is 0 Å². The molecule has 1 aliphatic rings. The summed E-state index contributed by atoms with van der Waals surface area (Å²) in [4.78, 5) is 6.41. The van der Waals surface area contributed by atoms with E-state index in [-0.39, 0.29) is 12.0 Å². The molecule has 2 heterocycles. The molecule has 84 valence electrons. The third-order valence-corrected chi connectivity index (χ3v) is 3.06. The highest BCUT2D eigenvalue weighted by atomic mass is 16.3. The number of piperidine rings is 1. The zero-order valence-corrected chi connectivity index (χ0v) is 9.30. The number of aromatic nitrogens is 1. The number of aliphatic hydroxyl groups is 1. The third-order valence-electron chi connectivity index (χ3n) is 3.06. The number of aliphatic hydroxyl groups excluding tert-OH is 1. The lowest BCUT2D eigenvalue weighted by molar-refractivity contribution is 0.0969. The van der Waals surface area contributed by atoms with Gasteiger partial charge in [-0.05, 0) is 24.5 Å². The van der Waals surface area contributed by atoms with Crippen molar-refractivity contribution in [3.8, 4) is 6.07 Å². The highest BCUT2D eigenvalue weighted by molar-refractivity contribution is 5.42. The molecular weight excluding hydrogens is 202 g/mol. The van der Waals surface area contributed by atoms with E-state index in [4.69, 9.17) is 5.26 Å². The zero-order valence-electron chi connectivity index (χ0n) is 9.30. The van der Waals surface area contributed by atoms with Gasteiger partial charge in [-0.3, -0.25) is 0 Å². The van der Waals surface area contributed by atoms with Crippen molar-refractivity contribution in [3.05, 3.63) is 23.9 Å². The van der Waals surface area contributed by atoms with Gasteiger partial charge in [-0.25, -0.2) is 4.98 Å². The van der Waals surface area contributed by atoms with Crippen molar-refractivity contribution < 1.29 is 5.11 Å². The first-order valence-corrected chi connectivity index (χ1v) is 5.50. The molecule has 0 radical (unpaired) electrons. The van der Waals surface area contributed by atoms with Crippen molar-refractivity contribution in [2.45, 2.75) is 19.4 Å². The summed E-state index contributed by atoms with van der Waals surface area (Å²) in [6.07, 6.45) is 2.17. The molecule has 0 bridgehead atoms. The van der Waals surface area contributed by atoms with E-state index in [1.807, 2.05) is 13.0 Å². The monoisotopic (exact) mass is 217 g/mol. The average Bonchev–Trinajstić information content (AvgIpc) is 2.33. The molecule has 1 saturated heterocycles. The highest BCUT2D eigenvalue weighted by Gasteiger charge is 2.24. The number of nitrogens with zero attached hydrogens (tertiary/aromatic N) is 3. The maximum absolute atomic E-state index is 9.63. The van der Waals surface area contributed by atoms with Gasteiger partial charge in [0.25, 0.3) is 0 Å². The molecular formula is C12H15N3O. The lowest BCUT2D eigenvalue weighted by Gasteiger charge is -2.35. The molecule has 4 nitrogen and oxygen atoms in total. The Morgan fingerprint density at radius 2 is 2.38 bits per heavy atom. The number of anilines is 1. The fraction of sp³-hybridized carbons (Fsp3) is 0.500. The Morgan fingerprint density at radius 1 is 1.56 bits per heavy atom. The van der Waals surface area contributed by atoms with Crippen molar-refractivity contribution in [1.82, 2.24) is 4.98 Å². The fourth-order valence-electron chi connectivity index (χ4n) is 1.98. The molecule has 0 aliphatic carbocycles. The minimum absolute atomic E-state index is 0.199. The second-order valence-corrected chi connectivity index (χ2v) is 4.30. The van der Waals surface area contributed by atoms with Gasteiger partial charge in [0.15, 0.2) is 0 Å². The molecule has 2 rings (SSSR count). The van der Waals surface area contributed by atoms with Gasteiger partial charge in [-0.1, -0.05) is 6.92 Å². The number of rotatable bonds is 1. The number of nitriles is 1. The first-order chi connectivity index (χ1) is 7.70. The van der Waals surface area contributed by atoms with Gasteiger partial charge in [0, 0.05) is 19.3 Å². The topological polar surface area (TPSA) is 60.2 Å². The van der Waals surface area contributed by atoms with E-state index >= 15 is 0 Å². The summed E-state index contributed by atoms with van der Waals surface area (Å²) in [5.74, 6) is 1.16. The fourth-order valence-corrected chi connectivity index (χ4v) is 1.98. The van der Waals surface area contributed by atoms with Crippen LogP contribution in [0.5, 0.6) is 0 Å². The summed E-state index contributed by atoms with van der Waals surface area (Å²) in [5.41, 5.74) is 0.578. The number of pyridine rings is 1. The van der Waals surface area contributed by atoms with E-state index < -0.39 is 0 Å². The van der Waals surface area contributed by atoms with Gasteiger partial charge in [-0.2, -0.15) is 5.26 Å². The molecule has 1 aromatic heterocycles. The Balaban J connectivity index is 2.10. The van der Waals surface area contributed by atoms with Crippen LogP contribution < -0.4 is 4.90 Å². The summed E-state index contributed by atoms with van der Waals surface area (Å²) in [5, 5.41) is 18.3. The van der Waals surface area contributed by atoms with E-state index in [0.717, 1.165) is 25.3 Å². The summed E-state index contributed by atoms with van der Waals surface area (Å²) in [6, 6.07) is 5.69. The van der Waals surface area contributed by atoms with Crippen LogP contribution in [0.2, 0.25) is 0 Å². The largest absolute Gasteiger partial charge is 0.393 e. The third kappa shape index (κ3) is 2.15. The second-order valence-electron chi connectivity index (χ2n) is 4.30. The van der Waals surface area contributed by atoms with Gasteiger partial charge < -0.3 is 10.0 Å². The quantitative estimate of drug-likeness (QED) is 0.766. The van der Waals surface area contributed by atoms with Gasteiger partial charge >= 0.3 is 0 Å². The summed E-state index contributed by atoms with van der Waals surface area (Å²) in [6.45, 7) is 3.69. The maximum atomic E-state index is 9.63. The first kappa shape index (κ1) is 10.9. The molecule has 1 fully saturated rings. The lowest BCUT2D eigenvalue weighted by atomic mass is 9.97. The van der Waals surface area contributed by atoms with Crippen molar-refractivity contribution in [1.29, 1.82) is 5.26 Å². The lowest BCUT2D eigenvalue weighted by Crippen LogP contribution is -2.42. The molecule has 4 heteroatoms. The van der Waals surface area contributed by atoms with Crippen molar-refractivity contribution in [3.63, 3.8) is 0 Å². The normalized spacial score (nSPS) is 25.2. The van der Waals surface area contributed by atoms with Crippen LogP contribution in [0.3, 0.4) is 0 Å². The highest BCUT2D eigenvalue weighted by Crippen LogP contribution is 2.21. The standard InChI is InChI=1S/C12H15N3O/c1-9-8-15(5-4-11(9)16)12-3-2-10(6-13)7-14-12/h2-3,7,9,11,16H,4-5,8H2,1H3. The van der Waals surface area contributed by atoms with Gasteiger partial charge in [0.1, 0.15) is 11.9 Å². The second kappa shape index (κ2) is 4.50. The Hall–Kier alpha value is -1.60. The van der Waals surface area contributed by atoms with Gasteiger partial charge in [0.05, 0.1) is 11.7 Å². The summed E-state index contributed by atoms with van der Waals surface area (Å²) in [7, 11) is 0.